The molecule has 0 fully saturated rings. The summed E-state index contributed by atoms with van der Waals surface area (Å²) >= 11 is 7.13. The van der Waals surface area contributed by atoms with Crippen LogP contribution >= 0.6 is 23.4 Å². The maximum Gasteiger partial charge on any atom is 0.255 e. The number of thioether (sulfide) groups is 1. The molecular weight excluding hydrogens is 411 g/mol. The van der Waals surface area contributed by atoms with Crippen LogP contribution in [0.15, 0.2) is 77.7 Å². The summed E-state index contributed by atoms with van der Waals surface area (Å²) in [5.74, 6) is -0.389. The Balaban J connectivity index is 1.58. The quantitative estimate of drug-likeness (QED) is 0.464. The van der Waals surface area contributed by atoms with Crippen LogP contribution in [0.3, 0.4) is 0 Å². The second-order valence-electron chi connectivity index (χ2n) is 6.08. The Morgan fingerprint density at radius 1 is 0.862 bits per heavy atom. The van der Waals surface area contributed by atoms with Crippen molar-refractivity contribution in [1.29, 1.82) is 0 Å². The average molecular weight is 429 g/mol. The smallest absolute Gasteiger partial charge is 0.255 e. The van der Waals surface area contributed by atoms with Gasteiger partial charge in [0.15, 0.2) is 0 Å². The minimum Gasteiger partial charge on any atom is -0.324 e. The van der Waals surface area contributed by atoms with Crippen molar-refractivity contribution in [2.75, 3.05) is 16.4 Å². The first-order valence-corrected chi connectivity index (χ1v) is 10.2. The van der Waals surface area contributed by atoms with Crippen LogP contribution in [0, 0.1) is 5.82 Å². The molecule has 0 aromatic heterocycles. The molecule has 29 heavy (non-hydrogen) atoms. The van der Waals surface area contributed by atoms with E-state index >= 15 is 0 Å². The van der Waals surface area contributed by atoms with Crippen LogP contribution in [0.1, 0.15) is 16.8 Å². The summed E-state index contributed by atoms with van der Waals surface area (Å²) in [4.78, 5) is 25.2. The number of halogens is 2. The molecule has 2 N–H and O–H groups in total. The molecule has 0 aliphatic heterocycles. The Hall–Kier alpha value is -2.83. The number of para-hydroxylation sites is 2. The van der Waals surface area contributed by atoms with Gasteiger partial charge in [-0.3, -0.25) is 9.59 Å². The number of carbonyl (C=O) groups is 2. The number of amides is 2. The summed E-state index contributed by atoms with van der Waals surface area (Å²) in [7, 11) is 0. The molecule has 0 atom stereocenters. The highest BCUT2D eigenvalue weighted by atomic mass is 35.5. The van der Waals surface area contributed by atoms with E-state index in [0.717, 1.165) is 0 Å². The van der Waals surface area contributed by atoms with Gasteiger partial charge in [-0.2, -0.15) is 0 Å². The zero-order chi connectivity index (χ0) is 20.6. The van der Waals surface area contributed by atoms with E-state index in [4.69, 9.17) is 11.6 Å². The molecule has 0 bridgehead atoms. The van der Waals surface area contributed by atoms with Gasteiger partial charge in [-0.15, -0.1) is 11.8 Å². The maximum atomic E-state index is 13.6. The fourth-order valence-electron chi connectivity index (χ4n) is 2.53. The van der Waals surface area contributed by atoms with Crippen LogP contribution in [-0.4, -0.2) is 17.6 Å². The predicted molar refractivity (Wildman–Crippen MR) is 116 cm³/mol. The van der Waals surface area contributed by atoms with Crippen LogP contribution in [0.2, 0.25) is 5.02 Å². The topological polar surface area (TPSA) is 58.2 Å². The van der Waals surface area contributed by atoms with Crippen LogP contribution < -0.4 is 10.6 Å². The number of hydrogen-bond acceptors (Lipinski definition) is 3. The van der Waals surface area contributed by atoms with Gasteiger partial charge in [-0.1, -0.05) is 35.9 Å². The van der Waals surface area contributed by atoms with E-state index in [1.807, 2.05) is 0 Å². The molecule has 0 saturated heterocycles. The highest BCUT2D eigenvalue weighted by Gasteiger charge is 2.11. The molecule has 3 aromatic rings. The number of nitrogens with one attached hydrogen (secondary N) is 2. The van der Waals surface area contributed by atoms with E-state index in [2.05, 4.69) is 10.6 Å². The number of hydrogen-bond donors (Lipinski definition) is 2. The Morgan fingerprint density at radius 3 is 2.17 bits per heavy atom. The van der Waals surface area contributed by atoms with E-state index in [1.165, 1.54) is 17.8 Å². The highest BCUT2D eigenvalue weighted by Crippen LogP contribution is 2.24. The molecular formula is C22H18ClFN2O2S. The molecule has 2 amide bonds. The summed E-state index contributed by atoms with van der Waals surface area (Å²) in [5, 5.41) is 6.13. The second-order valence-corrected chi connectivity index (χ2v) is 7.66. The summed E-state index contributed by atoms with van der Waals surface area (Å²) in [6.07, 6.45) is 0.207. The van der Waals surface area contributed by atoms with Crippen molar-refractivity contribution in [3.8, 4) is 0 Å². The Labute approximate surface area is 177 Å². The lowest BCUT2D eigenvalue weighted by molar-refractivity contribution is -0.115. The van der Waals surface area contributed by atoms with Crippen LogP contribution in [0.25, 0.3) is 0 Å². The monoisotopic (exact) mass is 428 g/mol. The van der Waals surface area contributed by atoms with E-state index < -0.39 is 0 Å². The first-order valence-electron chi connectivity index (χ1n) is 8.86. The summed E-state index contributed by atoms with van der Waals surface area (Å²) in [5.41, 5.74) is 1.44. The van der Waals surface area contributed by atoms with Crippen LogP contribution in [-0.2, 0) is 4.79 Å². The van der Waals surface area contributed by atoms with E-state index in [9.17, 15) is 14.0 Å². The number of benzene rings is 3. The van der Waals surface area contributed by atoms with Gasteiger partial charge in [0, 0.05) is 27.7 Å². The molecule has 4 nitrogen and oxygen atoms in total. The normalized spacial score (nSPS) is 10.4. The lowest BCUT2D eigenvalue weighted by Crippen LogP contribution is -2.17. The predicted octanol–water partition coefficient (Wildman–Crippen LogP) is 5.85. The third-order valence-electron chi connectivity index (χ3n) is 3.98. The molecule has 0 aliphatic rings. The van der Waals surface area contributed by atoms with Gasteiger partial charge in [-0.25, -0.2) is 4.39 Å². The molecule has 7 heteroatoms. The van der Waals surface area contributed by atoms with Crippen molar-refractivity contribution in [3.63, 3.8) is 0 Å². The Kier molecular flexibility index (Phi) is 7.27. The Bertz CT molecular complexity index is 1010. The molecule has 148 valence electrons. The second kappa shape index (κ2) is 10.1. The van der Waals surface area contributed by atoms with Gasteiger partial charge in [0.25, 0.3) is 5.91 Å². The zero-order valence-corrected chi connectivity index (χ0v) is 16.9. The highest BCUT2D eigenvalue weighted by molar-refractivity contribution is 7.99. The lowest BCUT2D eigenvalue weighted by atomic mass is 10.2. The molecule has 0 spiro atoms. The Morgan fingerprint density at radius 2 is 1.48 bits per heavy atom. The first kappa shape index (κ1) is 20.9. The molecule has 0 radical (unpaired) electrons. The van der Waals surface area contributed by atoms with Crippen LogP contribution in [0.4, 0.5) is 15.8 Å². The van der Waals surface area contributed by atoms with Crippen molar-refractivity contribution >= 4 is 46.6 Å². The third kappa shape index (κ3) is 6.07. The fourth-order valence-corrected chi connectivity index (χ4v) is 3.54. The molecule has 0 saturated carbocycles. The van der Waals surface area contributed by atoms with Crippen LogP contribution in [0.5, 0.6) is 0 Å². The summed E-state index contributed by atoms with van der Waals surface area (Å²) in [6.45, 7) is 0. The molecule has 3 rings (SSSR count). The van der Waals surface area contributed by atoms with Gasteiger partial charge >= 0.3 is 0 Å². The van der Waals surface area contributed by atoms with E-state index in [0.29, 0.717) is 32.6 Å². The van der Waals surface area contributed by atoms with E-state index in [1.54, 1.807) is 66.7 Å². The lowest BCUT2D eigenvalue weighted by Gasteiger charge is -2.12. The van der Waals surface area contributed by atoms with Gasteiger partial charge in [0.2, 0.25) is 5.91 Å². The SMILES string of the molecule is O=C(CCSc1ccccc1F)Nc1ccccc1NC(=O)c1ccc(Cl)cc1. The minimum absolute atomic E-state index is 0.207. The molecule has 3 aromatic carbocycles. The van der Waals surface area contributed by atoms with Crippen molar-refractivity contribution in [3.05, 3.63) is 89.2 Å². The largest absolute Gasteiger partial charge is 0.324 e. The van der Waals surface area contributed by atoms with Gasteiger partial charge in [0.1, 0.15) is 5.82 Å². The number of rotatable bonds is 7. The maximum absolute atomic E-state index is 13.6. The van der Waals surface area contributed by atoms with Crippen molar-refractivity contribution in [2.24, 2.45) is 0 Å². The van der Waals surface area contributed by atoms with Gasteiger partial charge in [0.05, 0.1) is 11.4 Å². The number of carbonyl (C=O) groups excluding carboxylic acids is 2. The van der Waals surface area contributed by atoms with Crippen molar-refractivity contribution in [1.82, 2.24) is 0 Å². The van der Waals surface area contributed by atoms with Crippen molar-refractivity contribution in [2.45, 2.75) is 11.3 Å². The van der Waals surface area contributed by atoms with E-state index in [-0.39, 0.29) is 24.1 Å². The van der Waals surface area contributed by atoms with Gasteiger partial charge in [-0.05, 0) is 48.5 Å². The number of anilines is 2. The van der Waals surface area contributed by atoms with Crippen molar-refractivity contribution < 1.29 is 14.0 Å². The standard InChI is InChI=1S/C22H18ClFN2O2S/c23-16-11-9-15(10-12-16)22(28)26-19-7-3-2-6-18(19)25-21(27)13-14-29-20-8-4-1-5-17(20)24/h1-12H,13-14H2,(H,25,27)(H,26,28). The zero-order valence-electron chi connectivity index (χ0n) is 15.3. The average Bonchev–Trinajstić information content (AvgIpc) is 2.71. The first-order chi connectivity index (χ1) is 14.0. The molecule has 0 unspecified atom stereocenters. The molecule has 0 heterocycles. The summed E-state index contributed by atoms with van der Waals surface area (Å²) in [6, 6.07) is 19.9. The fraction of sp³-hybridized carbons (Fsp3) is 0.0909. The molecule has 0 aliphatic carbocycles. The van der Waals surface area contributed by atoms with Gasteiger partial charge < -0.3 is 10.6 Å². The minimum atomic E-state index is -0.307. The third-order valence-corrected chi connectivity index (χ3v) is 5.28. The summed E-state index contributed by atoms with van der Waals surface area (Å²) < 4.78 is 13.6.